The third-order valence-electron chi connectivity index (χ3n) is 3.99. The lowest BCUT2D eigenvalue weighted by Crippen LogP contribution is -2.22. The minimum absolute atomic E-state index is 0.278. The van der Waals surface area contributed by atoms with E-state index in [1.165, 1.54) is 16.8 Å². The second kappa shape index (κ2) is 4.23. The Balaban J connectivity index is 1.74. The Bertz CT molecular complexity index is 633. The smallest absolute Gasteiger partial charge is 0.124 e. The summed E-state index contributed by atoms with van der Waals surface area (Å²) in [5.41, 5.74) is 3.70. The number of para-hydroxylation sites is 1. The topological polar surface area (TPSA) is 21.6 Å². The Morgan fingerprint density at radius 3 is 2.63 bits per heavy atom. The van der Waals surface area contributed by atoms with Crippen LogP contribution < -0.4 is 4.74 Å². The molecule has 2 aliphatic rings. The van der Waals surface area contributed by atoms with E-state index in [0.717, 1.165) is 18.8 Å². The fraction of sp³-hybridized carbons (Fsp3) is 0.235. The highest BCUT2D eigenvalue weighted by Gasteiger charge is 2.36. The fourth-order valence-electron chi connectivity index (χ4n) is 3.04. The molecule has 2 aliphatic heterocycles. The number of rotatable bonds is 1. The lowest BCUT2D eigenvalue weighted by Gasteiger charge is -2.26. The quantitative estimate of drug-likeness (QED) is 0.756. The van der Waals surface area contributed by atoms with E-state index in [1.54, 1.807) is 0 Å². The summed E-state index contributed by atoms with van der Waals surface area (Å²) in [6.45, 7) is 0.779. The zero-order valence-corrected chi connectivity index (χ0v) is 10.6. The van der Waals surface area contributed by atoms with Gasteiger partial charge in [0.2, 0.25) is 0 Å². The number of aliphatic imine (C=N–C) groups is 1. The van der Waals surface area contributed by atoms with Crippen molar-refractivity contribution in [3.05, 3.63) is 65.7 Å². The van der Waals surface area contributed by atoms with Crippen LogP contribution >= 0.6 is 0 Å². The molecule has 2 atom stereocenters. The van der Waals surface area contributed by atoms with Gasteiger partial charge < -0.3 is 4.74 Å². The molecular formula is C17H15NO. The summed E-state index contributed by atoms with van der Waals surface area (Å²) in [6.07, 6.45) is 1.02. The van der Waals surface area contributed by atoms with Crippen molar-refractivity contribution in [3.63, 3.8) is 0 Å². The van der Waals surface area contributed by atoms with E-state index >= 15 is 0 Å². The highest BCUT2D eigenvalue weighted by molar-refractivity contribution is 6.02. The van der Waals surface area contributed by atoms with Crippen LogP contribution in [0.4, 0.5) is 0 Å². The average Bonchev–Trinajstić information content (AvgIpc) is 2.93. The lowest BCUT2D eigenvalue weighted by molar-refractivity contribution is 0.208. The molecule has 2 unspecified atom stereocenters. The highest BCUT2D eigenvalue weighted by Crippen LogP contribution is 2.43. The van der Waals surface area contributed by atoms with E-state index in [2.05, 4.69) is 36.4 Å². The van der Waals surface area contributed by atoms with Crippen LogP contribution in [-0.4, -0.2) is 12.3 Å². The largest absolute Gasteiger partial charge is 0.493 e. The molecule has 0 spiro atoms. The molecular weight excluding hydrogens is 234 g/mol. The Kier molecular flexibility index (Phi) is 2.41. The van der Waals surface area contributed by atoms with Gasteiger partial charge in [-0.2, -0.15) is 0 Å². The number of ether oxygens (including phenoxy) is 1. The van der Waals surface area contributed by atoms with E-state index in [-0.39, 0.29) is 6.04 Å². The molecule has 0 N–H and O–H groups in total. The van der Waals surface area contributed by atoms with Crippen molar-refractivity contribution in [2.45, 2.75) is 12.5 Å². The molecule has 19 heavy (non-hydrogen) atoms. The second-order valence-corrected chi connectivity index (χ2v) is 5.20. The number of hydrogen-bond donors (Lipinski definition) is 0. The molecule has 0 aromatic heterocycles. The van der Waals surface area contributed by atoms with Crippen LogP contribution in [0.15, 0.2) is 59.6 Å². The van der Waals surface area contributed by atoms with E-state index < -0.39 is 0 Å². The van der Waals surface area contributed by atoms with E-state index in [9.17, 15) is 0 Å². The molecule has 2 nitrogen and oxygen atoms in total. The molecule has 0 saturated heterocycles. The van der Waals surface area contributed by atoms with Crippen molar-refractivity contribution in [2.75, 3.05) is 6.61 Å². The Labute approximate surface area is 112 Å². The Morgan fingerprint density at radius 2 is 1.74 bits per heavy atom. The number of nitrogens with zero attached hydrogens (tertiary/aromatic N) is 1. The van der Waals surface area contributed by atoms with Gasteiger partial charge in [-0.05, 0) is 18.1 Å². The molecule has 0 fully saturated rings. The Morgan fingerprint density at radius 1 is 0.947 bits per heavy atom. The van der Waals surface area contributed by atoms with Gasteiger partial charge in [0.15, 0.2) is 0 Å². The molecule has 0 radical (unpaired) electrons. The van der Waals surface area contributed by atoms with E-state index in [0.29, 0.717) is 5.92 Å². The third-order valence-corrected chi connectivity index (χ3v) is 3.99. The van der Waals surface area contributed by atoms with Crippen molar-refractivity contribution >= 4 is 5.71 Å². The minimum Gasteiger partial charge on any atom is -0.493 e. The molecule has 0 saturated carbocycles. The molecule has 2 heterocycles. The first-order valence-corrected chi connectivity index (χ1v) is 6.75. The van der Waals surface area contributed by atoms with Gasteiger partial charge in [-0.15, -0.1) is 0 Å². The molecule has 4 rings (SSSR count). The maximum atomic E-state index is 5.85. The molecule has 0 amide bonds. The summed E-state index contributed by atoms with van der Waals surface area (Å²) in [5, 5.41) is 0. The maximum Gasteiger partial charge on any atom is 0.124 e. The second-order valence-electron chi connectivity index (χ2n) is 5.20. The first-order chi connectivity index (χ1) is 9.42. The molecule has 2 aromatic carbocycles. The molecule has 2 aromatic rings. The summed E-state index contributed by atoms with van der Waals surface area (Å²) >= 11 is 0. The van der Waals surface area contributed by atoms with Crippen LogP contribution in [0.2, 0.25) is 0 Å². The van der Waals surface area contributed by atoms with Crippen molar-refractivity contribution in [3.8, 4) is 5.75 Å². The van der Waals surface area contributed by atoms with Gasteiger partial charge in [0.05, 0.1) is 12.6 Å². The molecule has 94 valence electrons. The van der Waals surface area contributed by atoms with Gasteiger partial charge >= 0.3 is 0 Å². The molecule has 2 heteroatoms. The minimum atomic E-state index is 0.278. The van der Waals surface area contributed by atoms with Gasteiger partial charge in [0.1, 0.15) is 5.75 Å². The van der Waals surface area contributed by atoms with Crippen molar-refractivity contribution in [1.29, 1.82) is 0 Å². The SMILES string of the molecule is c1ccc(C2=NC3c4ccccc4OCC3C2)cc1. The number of hydrogen-bond acceptors (Lipinski definition) is 2. The number of benzene rings is 2. The molecule has 0 aliphatic carbocycles. The summed E-state index contributed by atoms with van der Waals surface area (Å²) in [6, 6.07) is 19.0. The van der Waals surface area contributed by atoms with Crippen LogP contribution in [0.25, 0.3) is 0 Å². The van der Waals surface area contributed by atoms with Gasteiger partial charge in [0, 0.05) is 17.2 Å². The lowest BCUT2D eigenvalue weighted by atomic mass is 9.90. The van der Waals surface area contributed by atoms with Crippen LogP contribution in [0.3, 0.4) is 0 Å². The predicted molar refractivity (Wildman–Crippen MR) is 75.8 cm³/mol. The summed E-state index contributed by atoms with van der Waals surface area (Å²) in [5.74, 6) is 1.49. The Hall–Kier alpha value is -2.09. The van der Waals surface area contributed by atoms with Crippen molar-refractivity contribution in [2.24, 2.45) is 10.9 Å². The van der Waals surface area contributed by atoms with Gasteiger partial charge in [-0.3, -0.25) is 4.99 Å². The van der Waals surface area contributed by atoms with Gasteiger partial charge in [0.25, 0.3) is 0 Å². The van der Waals surface area contributed by atoms with Crippen LogP contribution in [0.1, 0.15) is 23.6 Å². The predicted octanol–water partition coefficient (Wildman–Crippen LogP) is 3.63. The van der Waals surface area contributed by atoms with E-state index in [4.69, 9.17) is 9.73 Å². The van der Waals surface area contributed by atoms with Crippen LogP contribution in [0.5, 0.6) is 5.75 Å². The van der Waals surface area contributed by atoms with Gasteiger partial charge in [-0.1, -0.05) is 48.5 Å². The zero-order chi connectivity index (χ0) is 12.7. The third kappa shape index (κ3) is 1.75. The summed E-state index contributed by atoms with van der Waals surface area (Å²) in [7, 11) is 0. The number of fused-ring (bicyclic) bond motifs is 3. The van der Waals surface area contributed by atoms with E-state index in [1.807, 2.05) is 18.2 Å². The molecule has 0 bridgehead atoms. The maximum absolute atomic E-state index is 5.85. The summed E-state index contributed by atoms with van der Waals surface area (Å²) < 4.78 is 5.85. The zero-order valence-electron chi connectivity index (χ0n) is 10.6. The van der Waals surface area contributed by atoms with Crippen molar-refractivity contribution in [1.82, 2.24) is 0 Å². The van der Waals surface area contributed by atoms with Crippen LogP contribution in [0, 0.1) is 5.92 Å². The fourth-order valence-corrected chi connectivity index (χ4v) is 3.04. The van der Waals surface area contributed by atoms with Crippen molar-refractivity contribution < 1.29 is 4.74 Å². The normalized spacial score (nSPS) is 24.1. The first kappa shape index (κ1) is 10.8. The highest BCUT2D eigenvalue weighted by atomic mass is 16.5. The first-order valence-electron chi connectivity index (χ1n) is 6.75. The van der Waals surface area contributed by atoms with Crippen LogP contribution in [-0.2, 0) is 0 Å². The summed E-state index contributed by atoms with van der Waals surface area (Å²) in [4.78, 5) is 4.96. The monoisotopic (exact) mass is 249 g/mol. The standard InChI is InChI=1S/C17H15NO/c1-2-6-12(7-3-1)15-10-13-11-19-16-9-5-4-8-14(16)17(13)18-15/h1-9,13,17H,10-11H2. The van der Waals surface area contributed by atoms with Gasteiger partial charge in [-0.25, -0.2) is 0 Å². The average molecular weight is 249 g/mol.